The largest absolute Gasteiger partial charge is 0.491 e. The lowest BCUT2D eigenvalue weighted by atomic mass is 9.74. The molecule has 1 aliphatic heterocycles. The number of carbonyl (C=O) groups is 1. The average molecular weight is 224 g/mol. The average Bonchev–Trinajstić information content (AvgIpc) is 2.48. The molecule has 1 saturated carbocycles. The summed E-state index contributed by atoms with van der Waals surface area (Å²) in [5.74, 6) is 0.823. The molecule has 2 aliphatic rings. The number of hydrogen-bond acceptors (Lipinski definition) is 3. The SMILES string of the molecule is CCOC(=O)C1=C(C)O[C@@]2(C)CCCC[C@@H]12. The minimum atomic E-state index is -0.185. The molecule has 0 spiro atoms. The highest BCUT2D eigenvalue weighted by Gasteiger charge is 2.49. The van der Waals surface area contributed by atoms with E-state index in [4.69, 9.17) is 9.47 Å². The van der Waals surface area contributed by atoms with Gasteiger partial charge in [0.25, 0.3) is 0 Å². The molecule has 0 bridgehead atoms. The standard InChI is InChI=1S/C13H20O3/c1-4-15-12(14)11-9(2)16-13(3)8-6-5-7-10(11)13/h10H,4-8H2,1-3H3/t10-,13-/m0/s1. The first-order chi connectivity index (χ1) is 7.58. The van der Waals surface area contributed by atoms with Crippen LogP contribution in [-0.2, 0) is 14.3 Å². The van der Waals surface area contributed by atoms with Crippen molar-refractivity contribution in [3.05, 3.63) is 11.3 Å². The quantitative estimate of drug-likeness (QED) is 0.677. The lowest BCUT2D eigenvalue weighted by Crippen LogP contribution is -2.37. The van der Waals surface area contributed by atoms with Crippen LogP contribution in [0.5, 0.6) is 0 Å². The van der Waals surface area contributed by atoms with E-state index in [-0.39, 0.29) is 17.5 Å². The van der Waals surface area contributed by atoms with Crippen molar-refractivity contribution in [2.24, 2.45) is 5.92 Å². The molecular weight excluding hydrogens is 204 g/mol. The minimum Gasteiger partial charge on any atom is -0.491 e. The van der Waals surface area contributed by atoms with Gasteiger partial charge in [-0.25, -0.2) is 4.79 Å². The number of fused-ring (bicyclic) bond motifs is 1. The molecule has 0 aromatic carbocycles. The lowest BCUT2D eigenvalue weighted by Gasteiger charge is -2.35. The maximum atomic E-state index is 11.9. The van der Waals surface area contributed by atoms with Crippen LogP contribution in [0.2, 0.25) is 0 Å². The van der Waals surface area contributed by atoms with Crippen LogP contribution in [0.3, 0.4) is 0 Å². The van der Waals surface area contributed by atoms with Crippen molar-refractivity contribution in [1.29, 1.82) is 0 Å². The van der Waals surface area contributed by atoms with Gasteiger partial charge in [-0.3, -0.25) is 0 Å². The summed E-state index contributed by atoms with van der Waals surface area (Å²) >= 11 is 0. The minimum absolute atomic E-state index is 0.162. The van der Waals surface area contributed by atoms with Crippen LogP contribution < -0.4 is 0 Å². The molecule has 0 unspecified atom stereocenters. The molecule has 0 aromatic heterocycles. The molecule has 1 heterocycles. The predicted octanol–water partition coefficient (Wildman–Crippen LogP) is 2.80. The Bertz CT molecular complexity index is 332. The third-order valence-corrected chi connectivity index (χ3v) is 3.76. The van der Waals surface area contributed by atoms with E-state index < -0.39 is 0 Å². The van der Waals surface area contributed by atoms with Crippen LogP contribution in [0.25, 0.3) is 0 Å². The Hall–Kier alpha value is -0.990. The zero-order valence-electron chi connectivity index (χ0n) is 10.3. The lowest BCUT2D eigenvalue weighted by molar-refractivity contribution is -0.139. The maximum Gasteiger partial charge on any atom is 0.337 e. The van der Waals surface area contributed by atoms with Gasteiger partial charge in [-0.1, -0.05) is 6.42 Å². The number of rotatable bonds is 2. The zero-order valence-corrected chi connectivity index (χ0v) is 10.3. The van der Waals surface area contributed by atoms with Gasteiger partial charge in [0.1, 0.15) is 11.4 Å². The second kappa shape index (κ2) is 4.11. The van der Waals surface area contributed by atoms with Crippen molar-refractivity contribution < 1.29 is 14.3 Å². The third kappa shape index (κ3) is 1.72. The Labute approximate surface area is 96.8 Å². The summed E-state index contributed by atoms with van der Waals surface area (Å²) in [6, 6.07) is 0. The van der Waals surface area contributed by atoms with Crippen molar-refractivity contribution in [1.82, 2.24) is 0 Å². The first-order valence-electron chi connectivity index (χ1n) is 6.15. The van der Waals surface area contributed by atoms with Crippen LogP contribution in [0.1, 0.15) is 46.5 Å². The van der Waals surface area contributed by atoms with Crippen molar-refractivity contribution in [3.63, 3.8) is 0 Å². The highest BCUT2D eigenvalue weighted by Crippen LogP contribution is 2.48. The van der Waals surface area contributed by atoms with E-state index in [1.54, 1.807) is 0 Å². The summed E-state index contributed by atoms with van der Waals surface area (Å²) in [4.78, 5) is 11.9. The molecular formula is C13H20O3. The normalized spacial score (nSPS) is 33.3. The van der Waals surface area contributed by atoms with E-state index in [2.05, 4.69) is 6.92 Å². The molecule has 90 valence electrons. The molecule has 0 radical (unpaired) electrons. The van der Waals surface area contributed by atoms with Gasteiger partial charge in [-0.2, -0.15) is 0 Å². The fourth-order valence-corrected chi connectivity index (χ4v) is 3.02. The Balaban J connectivity index is 2.23. The molecule has 0 N–H and O–H groups in total. The summed E-state index contributed by atoms with van der Waals surface area (Å²) < 4.78 is 11.0. The van der Waals surface area contributed by atoms with Gasteiger partial charge < -0.3 is 9.47 Å². The monoisotopic (exact) mass is 224 g/mol. The van der Waals surface area contributed by atoms with Crippen molar-refractivity contribution >= 4 is 5.97 Å². The van der Waals surface area contributed by atoms with Gasteiger partial charge in [0.05, 0.1) is 12.2 Å². The van der Waals surface area contributed by atoms with Crippen molar-refractivity contribution in [2.45, 2.75) is 52.1 Å². The molecule has 0 amide bonds. The first-order valence-corrected chi connectivity index (χ1v) is 6.15. The molecule has 0 saturated heterocycles. The highest BCUT2D eigenvalue weighted by atomic mass is 16.5. The van der Waals surface area contributed by atoms with E-state index in [0.29, 0.717) is 6.61 Å². The number of esters is 1. The van der Waals surface area contributed by atoms with Crippen LogP contribution in [-0.4, -0.2) is 18.2 Å². The highest BCUT2D eigenvalue weighted by molar-refractivity contribution is 5.90. The van der Waals surface area contributed by atoms with Crippen LogP contribution in [0.4, 0.5) is 0 Å². The molecule has 1 aliphatic carbocycles. The number of ether oxygens (including phenoxy) is 2. The van der Waals surface area contributed by atoms with Gasteiger partial charge in [0.15, 0.2) is 0 Å². The van der Waals surface area contributed by atoms with Gasteiger partial charge in [-0.15, -0.1) is 0 Å². The van der Waals surface area contributed by atoms with Gasteiger partial charge >= 0.3 is 5.97 Å². The second-order valence-electron chi connectivity index (χ2n) is 4.90. The third-order valence-electron chi connectivity index (χ3n) is 3.76. The van der Waals surface area contributed by atoms with E-state index in [1.807, 2.05) is 13.8 Å². The Morgan fingerprint density at radius 1 is 1.56 bits per heavy atom. The van der Waals surface area contributed by atoms with Crippen LogP contribution in [0.15, 0.2) is 11.3 Å². The summed E-state index contributed by atoms with van der Waals surface area (Å²) in [5, 5.41) is 0. The molecule has 3 heteroatoms. The van der Waals surface area contributed by atoms with Crippen molar-refractivity contribution in [2.75, 3.05) is 6.61 Å². The van der Waals surface area contributed by atoms with Crippen molar-refractivity contribution in [3.8, 4) is 0 Å². The Morgan fingerprint density at radius 2 is 2.31 bits per heavy atom. The van der Waals surface area contributed by atoms with Gasteiger partial charge in [0.2, 0.25) is 0 Å². The summed E-state index contributed by atoms with van der Waals surface area (Å²) in [5.41, 5.74) is 0.619. The smallest absolute Gasteiger partial charge is 0.337 e. The fraction of sp³-hybridized carbons (Fsp3) is 0.769. The number of hydrogen-bond donors (Lipinski definition) is 0. The summed E-state index contributed by atoms with van der Waals surface area (Å²) in [6.07, 6.45) is 4.45. The first kappa shape index (κ1) is 11.5. The number of allylic oxidation sites excluding steroid dienone is 1. The Kier molecular flexibility index (Phi) is 2.96. The van der Waals surface area contributed by atoms with Crippen LogP contribution in [0, 0.1) is 5.92 Å². The number of carbonyl (C=O) groups excluding carboxylic acids is 1. The molecule has 3 nitrogen and oxygen atoms in total. The maximum absolute atomic E-state index is 11.9. The van der Waals surface area contributed by atoms with Crippen LogP contribution >= 0.6 is 0 Å². The summed E-state index contributed by atoms with van der Waals surface area (Å²) in [7, 11) is 0. The topological polar surface area (TPSA) is 35.5 Å². The molecule has 0 aromatic rings. The van der Waals surface area contributed by atoms with E-state index >= 15 is 0 Å². The van der Waals surface area contributed by atoms with Gasteiger partial charge in [-0.05, 0) is 40.0 Å². The van der Waals surface area contributed by atoms with E-state index in [1.165, 1.54) is 12.8 Å². The fourth-order valence-electron chi connectivity index (χ4n) is 3.02. The Morgan fingerprint density at radius 3 is 3.00 bits per heavy atom. The predicted molar refractivity (Wildman–Crippen MR) is 60.8 cm³/mol. The molecule has 1 fully saturated rings. The second-order valence-corrected chi connectivity index (χ2v) is 4.90. The molecule has 2 rings (SSSR count). The van der Waals surface area contributed by atoms with Gasteiger partial charge in [0, 0.05) is 5.92 Å². The summed E-state index contributed by atoms with van der Waals surface area (Å²) in [6.45, 7) is 6.27. The molecule has 16 heavy (non-hydrogen) atoms. The van der Waals surface area contributed by atoms with E-state index in [0.717, 1.165) is 24.2 Å². The zero-order chi connectivity index (χ0) is 11.8. The van der Waals surface area contributed by atoms with E-state index in [9.17, 15) is 4.79 Å². The molecule has 2 atom stereocenters.